The van der Waals surface area contributed by atoms with Gasteiger partial charge in [-0.25, -0.2) is 4.39 Å². The smallest absolute Gasteiger partial charge is 0.307 e. The maximum atomic E-state index is 13.0. The second-order valence-electron chi connectivity index (χ2n) is 5.59. The third-order valence-electron chi connectivity index (χ3n) is 3.78. The molecule has 2 aromatic carbocycles. The average molecular weight is 343 g/mol. The van der Waals surface area contributed by atoms with Gasteiger partial charge in [0.15, 0.2) is 0 Å². The van der Waals surface area contributed by atoms with Crippen molar-refractivity contribution in [2.45, 2.75) is 19.8 Å². The van der Waals surface area contributed by atoms with Gasteiger partial charge in [0.05, 0.1) is 13.0 Å². The number of hydrogen-bond donors (Lipinski definition) is 0. The molecule has 1 amide bonds. The minimum Gasteiger partial charge on any atom is -0.466 e. The molecule has 2 rings (SSSR count). The fraction of sp³-hybridized carbons (Fsp3) is 0.300. The Morgan fingerprint density at radius 2 is 1.68 bits per heavy atom. The molecule has 0 unspecified atom stereocenters. The highest BCUT2D eigenvalue weighted by Crippen LogP contribution is 2.09. The molecule has 5 heteroatoms. The molecule has 0 aromatic heterocycles. The van der Waals surface area contributed by atoms with Gasteiger partial charge in [0.2, 0.25) is 0 Å². The zero-order chi connectivity index (χ0) is 18.1. The van der Waals surface area contributed by atoms with Crippen molar-refractivity contribution >= 4 is 11.9 Å². The van der Waals surface area contributed by atoms with E-state index in [-0.39, 0.29) is 30.7 Å². The Morgan fingerprint density at radius 1 is 1.00 bits per heavy atom. The number of esters is 1. The van der Waals surface area contributed by atoms with Crippen molar-refractivity contribution in [1.29, 1.82) is 0 Å². The Labute approximate surface area is 147 Å². The van der Waals surface area contributed by atoms with Gasteiger partial charge < -0.3 is 9.64 Å². The van der Waals surface area contributed by atoms with Gasteiger partial charge in [0, 0.05) is 18.7 Å². The van der Waals surface area contributed by atoms with Gasteiger partial charge in [0.1, 0.15) is 5.82 Å². The van der Waals surface area contributed by atoms with Crippen LogP contribution in [0.5, 0.6) is 0 Å². The predicted octanol–water partition coefficient (Wildman–Crippen LogP) is 3.46. The lowest BCUT2D eigenvalue weighted by molar-refractivity contribution is -0.143. The largest absolute Gasteiger partial charge is 0.466 e. The normalized spacial score (nSPS) is 10.3. The van der Waals surface area contributed by atoms with Crippen molar-refractivity contribution in [2.75, 3.05) is 19.7 Å². The third-order valence-corrected chi connectivity index (χ3v) is 3.78. The molecule has 0 spiro atoms. The SMILES string of the molecule is CCOC(=O)CCN(CCc1ccc(F)cc1)C(=O)c1ccccc1. The highest BCUT2D eigenvalue weighted by atomic mass is 19.1. The van der Waals surface area contributed by atoms with Crippen molar-refractivity contribution in [3.05, 3.63) is 71.5 Å². The molecular formula is C20H22FNO3. The fourth-order valence-electron chi connectivity index (χ4n) is 2.45. The van der Waals surface area contributed by atoms with Crippen molar-refractivity contribution in [2.24, 2.45) is 0 Å². The summed E-state index contributed by atoms with van der Waals surface area (Å²) in [7, 11) is 0. The molecule has 0 bridgehead atoms. The van der Waals surface area contributed by atoms with Crippen LogP contribution in [0, 0.1) is 5.82 Å². The molecule has 0 fully saturated rings. The topological polar surface area (TPSA) is 46.6 Å². The lowest BCUT2D eigenvalue weighted by Gasteiger charge is -2.22. The van der Waals surface area contributed by atoms with Crippen LogP contribution in [0.1, 0.15) is 29.3 Å². The van der Waals surface area contributed by atoms with E-state index >= 15 is 0 Å². The summed E-state index contributed by atoms with van der Waals surface area (Å²) in [5, 5.41) is 0. The minimum absolute atomic E-state index is 0.132. The summed E-state index contributed by atoms with van der Waals surface area (Å²) in [6.07, 6.45) is 0.734. The summed E-state index contributed by atoms with van der Waals surface area (Å²) in [6, 6.07) is 15.1. The van der Waals surface area contributed by atoms with Crippen LogP contribution in [0.25, 0.3) is 0 Å². The lowest BCUT2D eigenvalue weighted by atomic mass is 10.1. The summed E-state index contributed by atoms with van der Waals surface area (Å²) < 4.78 is 17.9. The van der Waals surface area contributed by atoms with Gasteiger partial charge >= 0.3 is 5.97 Å². The van der Waals surface area contributed by atoms with Crippen LogP contribution < -0.4 is 0 Å². The fourth-order valence-corrected chi connectivity index (χ4v) is 2.45. The van der Waals surface area contributed by atoms with Crippen LogP contribution in [-0.4, -0.2) is 36.5 Å². The summed E-state index contributed by atoms with van der Waals surface area (Å²) in [6.45, 7) is 2.80. The number of carbonyl (C=O) groups is 2. The van der Waals surface area contributed by atoms with Crippen molar-refractivity contribution < 1.29 is 18.7 Å². The van der Waals surface area contributed by atoms with Gasteiger partial charge in [-0.05, 0) is 43.2 Å². The van der Waals surface area contributed by atoms with E-state index in [1.165, 1.54) is 12.1 Å². The first kappa shape index (κ1) is 18.6. The molecule has 4 nitrogen and oxygen atoms in total. The first-order chi connectivity index (χ1) is 12.1. The number of ether oxygens (including phenoxy) is 1. The van der Waals surface area contributed by atoms with Gasteiger partial charge in [-0.1, -0.05) is 30.3 Å². The lowest BCUT2D eigenvalue weighted by Crippen LogP contribution is -2.35. The molecule has 0 aliphatic rings. The zero-order valence-corrected chi connectivity index (χ0v) is 14.3. The Hall–Kier alpha value is -2.69. The summed E-state index contributed by atoms with van der Waals surface area (Å²) in [5.74, 6) is -0.745. The van der Waals surface area contributed by atoms with Crippen LogP contribution in [-0.2, 0) is 16.0 Å². The van der Waals surface area contributed by atoms with Gasteiger partial charge in [-0.3, -0.25) is 9.59 Å². The highest BCUT2D eigenvalue weighted by molar-refractivity contribution is 5.94. The van der Waals surface area contributed by atoms with Gasteiger partial charge in [0.25, 0.3) is 5.91 Å². The molecule has 0 aliphatic carbocycles. The average Bonchev–Trinajstić information content (AvgIpc) is 2.63. The van der Waals surface area contributed by atoms with E-state index < -0.39 is 0 Å². The Bertz CT molecular complexity index is 686. The molecule has 0 atom stereocenters. The van der Waals surface area contributed by atoms with E-state index in [9.17, 15) is 14.0 Å². The number of carbonyl (C=O) groups excluding carboxylic acids is 2. The maximum Gasteiger partial charge on any atom is 0.307 e. The molecule has 0 saturated carbocycles. The van der Waals surface area contributed by atoms with E-state index in [1.807, 2.05) is 6.07 Å². The molecule has 2 aromatic rings. The molecule has 0 N–H and O–H groups in total. The van der Waals surface area contributed by atoms with E-state index in [1.54, 1.807) is 48.2 Å². The second kappa shape index (κ2) is 9.57. The van der Waals surface area contributed by atoms with Crippen LogP contribution in [0.15, 0.2) is 54.6 Å². The molecule has 0 saturated heterocycles. The van der Waals surface area contributed by atoms with Crippen LogP contribution in [0.4, 0.5) is 4.39 Å². The van der Waals surface area contributed by atoms with Crippen molar-refractivity contribution in [1.82, 2.24) is 4.90 Å². The molecule has 0 radical (unpaired) electrons. The monoisotopic (exact) mass is 343 g/mol. The van der Waals surface area contributed by atoms with E-state index in [4.69, 9.17) is 4.74 Å². The Balaban J connectivity index is 2.03. The number of benzene rings is 2. The first-order valence-electron chi connectivity index (χ1n) is 8.34. The minimum atomic E-state index is -0.324. The summed E-state index contributed by atoms with van der Waals surface area (Å²) in [5.41, 5.74) is 1.51. The van der Waals surface area contributed by atoms with Crippen LogP contribution in [0.3, 0.4) is 0 Å². The third kappa shape index (κ3) is 6.03. The number of halogens is 1. The molecule has 0 heterocycles. The van der Waals surface area contributed by atoms with E-state index in [2.05, 4.69) is 0 Å². The van der Waals surface area contributed by atoms with E-state index in [0.717, 1.165) is 5.56 Å². The number of amides is 1. The van der Waals surface area contributed by atoms with Crippen molar-refractivity contribution in [3.63, 3.8) is 0 Å². The van der Waals surface area contributed by atoms with E-state index in [0.29, 0.717) is 25.1 Å². The summed E-state index contributed by atoms with van der Waals surface area (Å²) >= 11 is 0. The highest BCUT2D eigenvalue weighted by Gasteiger charge is 2.17. The molecule has 132 valence electrons. The summed E-state index contributed by atoms with van der Waals surface area (Å²) in [4.78, 5) is 26.0. The molecular weight excluding hydrogens is 321 g/mol. The molecule has 0 aliphatic heterocycles. The van der Waals surface area contributed by atoms with Gasteiger partial charge in [-0.15, -0.1) is 0 Å². The quantitative estimate of drug-likeness (QED) is 0.690. The van der Waals surface area contributed by atoms with Crippen LogP contribution >= 0.6 is 0 Å². The number of hydrogen-bond acceptors (Lipinski definition) is 3. The Morgan fingerprint density at radius 3 is 2.32 bits per heavy atom. The predicted molar refractivity (Wildman–Crippen MR) is 93.7 cm³/mol. The van der Waals surface area contributed by atoms with Crippen LogP contribution in [0.2, 0.25) is 0 Å². The van der Waals surface area contributed by atoms with Gasteiger partial charge in [-0.2, -0.15) is 0 Å². The maximum absolute atomic E-state index is 13.0. The standard InChI is InChI=1S/C20H22FNO3/c1-2-25-19(23)13-15-22(20(24)17-6-4-3-5-7-17)14-12-16-8-10-18(21)11-9-16/h3-11H,2,12-15H2,1H3. The second-order valence-corrected chi connectivity index (χ2v) is 5.59. The number of nitrogens with zero attached hydrogens (tertiary/aromatic N) is 1. The zero-order valence-electron chi connectivity index (χ0n) is 14.3. The first-order valence-corrected chi connectivity index (χ1v) is 8.34. The van der Waals surface area contributed by atoms with Crippen molar-refractivity contribution in [3.8, 4) is 0 Å². The Kier molecular flexibility index (Phi) is 7.14. The molecule has 25 heavy (non-hydrogen) atoms. The number of rotatable bonds is 8.